The molecule has 1 aliphatic rings. The maximum absolute atomic E-state index is 14.5. The third kappa shape index (κ3) is 4.89. The van der Waals surface area contributed by atoms with Crippen molar-refractivity contribution in [2.75, 3.05) is 43.1 Å². The highest BCUT2D eigenvalue weighted by Crippen LogP contribution is 2.24. The summed E-state index contributed by atoms with van der Waals surface area (Å²) in [5.41, 5.74) is 0.0571. The Morgan fingerprint density at radius 1 is 1.10 bits per heavy atom. The third-order valence-corrected chi connectivity index (χ3v) is 5.93. The van der Waals surface area contributed by atoms with Gasteiger partial charge < -0.3 is 15.0 Å². The molecule has 0 aliphatic carbocycles. The van der Waals surface area contributed by atoms with E-state index >= 15 is 0 Å². The van der Waals surface area contributed by atoms with Crippen molar-refractivity contribution in [1.29, 1.82) is 0 Å². The summed E-state index contributed by atoms with van der Waals surface area (Å²) in [4.78, 5) is 14.1. The second-order valence-corrected chi connectivity index (χ2v) is 8.13. The highest BCUT2D eigenvalue weighted by Gasteiger charge is 2.20. The molecule has 0 spiro atoms. The zero-order valence-corrected chi connectivity index (χ0v) is 16.6. The monoisotopic (exact) mass is 425 g/mol. The Bertz CT molecular complexity index is 1010. The van der Waals surface area contributed by atoms with Gasteiger partial charge in [0.25, 0.3) is 5.91 Å². The van der Waals surface area contributed by atoms with Crippen molar-refractivity contribution in [3.8, 4) is 0 Å². The van der Waals surface area contributed by atoms with Crippen LogP contribution in [0.1, 0.15) is 17.3 Å². The summed E-state index contributed by atoms with van der Waals surface area (Å²) in [6, 6.07) is 7.09. The molecule has 29 heavy (non-hydrogen) atoms. The Morgan fingerprint density at radius 3 is 2.48 bits per heavy atom. The van der Waals surface area contributed by atoms with Gasteiger partial charge in [0.1, 0.15) is 11.6 Å². The fraction of sp³-hybridized carbons (Fsp3) is 0.316. The van der Waals surface area contributed by atoms with Gasteiger partial charge in [-0.05, 0) is 36.4 Å². The number of hydrogen-bond donors (Lipinski definition) is 2. The molecule has 3 rings (SSSR count). The number of hydrogen-bond acceptors (Lipinski definition) is 5. The van der Waals surface area contributed by atoms with Crippen LogP contribution in [0.15, 0.2) is 41.3 Å². The number of sulfonamides is 1. The quantitative estimate of drug-likeness (QED) is 0.742. The van der Waals surface area contributed by atoms with Gasteiger partial charge in [-0.3, -0.25) is 4.79 Å². The number of nitrogens with one attached hydrogen (secondary N) is 2. The predicted octanol–water partition coefficient (Wildman–Crippen LogP) is 2.35. The maximum atomic E-state index is 14.5. The van der Waals surface area contributed by atoms with E-state index in [0.717, 1.165) is 24.3 Å². The van der Waals surface area contributed by atoms with Gasteiger partial charge in [0.2, 0.25) is 10.0 Å². The number of anilines is 2. The minimum atomic E-state index is -3.85. The van der Waals surface area contributed by atoms with E-state index in [1.54, 1.807) is 6.92 Å². The zero-order chi connectivity index (χ0) is 21.0. The van der Waals surface area contributed by atoms with Crippen LogP contribution in [0, 0.1) is 11.6 Å². The smallest absolute Gasteiger partial charge is 0.258 e. The SMILES string of the molecule is CCNS(=O)(=O)c1ccc(F)c(C(=O)Nc2ccc(N3CCOCC3)c(F)c2)c1. The minimum Gasteiger partial charge on any atom is -0.378 e. The van der Waals surface area contributed by atoms with Gasteiger partial charge in [0.15, 0.2) is 0 Å². The van der Waals surface area contributed by atoms with Crippen molar-refractivity contribution < 1.29 is 26.7 Å². The third-order valence-electron chi connectivity index (χ3n) is 4.38. The van der Waals surface area contributed by atoms with Crippen molar-refractivity contribution in [2.45, 2.75) is 11.8 Å². The van der Waals surface area contributed by atoms with Gasteiger partial charge in [-0.25, -0.2) is 21.9 Å². The summed E-state index contributed by atoms with van der Waals surface area (Å²) in [7, 11) is -3.85. The second kappa shape index (κ2) is 8.85. The molecule has 0 saturated carbocycles. The number of nitrogens with zero attached hydrogens (tertiary/aromatic N) is 1. The van der Waals surface area contributed by atoms with Crippen molar-refractivity contribution >= 4 is 27.3 Å². The fourth-order valence-electron chi connectivity index (χ4n) is 2.96. The summed E-state index contributed by atoms with van der Waals surface area (Å²) in [6.45, 7) is 3.87. The normalized spacial score (nSPS) is 14.7. The highest BCUT2D eigenvalue weighted by molar-refractivity contribution is 7.89. The first-order valence-electron chi connectivity index (χ1n) is 9.04. The minimum absolute atomic E-state index is 0.129. The molecule has 1 saturated heterocycles. The van der Waals surface area contributed by atoms with Crippen LogP contribution in [0.2, 0.25) is 0 Å². The Balaban J connectivity index is 1.80. The van der Waals surface area contributed by atoms with Gasteiger partial charge >= 0.3 is 0 Å². The molecule has 1 heterocycles. The highest BCUT2D eigenvalue weighted by atomic mass is 32.2. The van der Waals surface area contributed by atoms with E-state index in [1.165, 1.54) is 12.1 Å². The summed E-state index contributed by atoms with van der Waals surface area (Å²) in [5.74, 6) is -2.30. The number of ether oxygens (including phenoxy) is 1. The Kier molecular flexibility index (Phi) is 6.46. The molecule has 1 aliphatic heterocycles. The molecule has 0 bridgehead atoms. The average Bonchev–Trinajstić information content (AvgIpc) is 2.69. The van der Waals surface area contributed by atoms with Crippen LogP contribution >= 0.6 is 0 Å². The number of halogens is 2. The van der Waals surface area contributed by atoms with E-state index in [1.807, 2.05) is 4.90 Å². The Morgan fingerprint density at radius 2 is 1.83 bits per heavy atom. The first-order valence-corrected chi connectivity index (χ1v) is 10.5. The van der Waals surface area contributed by atoms with Crippen LogP contribution in [-0.2, 0) is 14.8 Å². The molecule has 10 heteroatoms. The lowest BCUT2D eigenvalue weighted by molar-refractivity contribution is 0.102. The van der Waals surface area contributed by atoms with Crippen LogP contribution in [0.25, 0.3) is 0 Å². The largest absolute Gasteiger partial charge is 0.378 e. The lowest BCUT2D eigenvalue weighted by Crippen LogP contribution is -2.36. The van der Waals surface area contributed by atoms with Gasteiger partial charge in [-0.2, -0.15) is 0 Å². The van der Waals surface area contributed by atoms with Gasteiger partial charge in [0.05, 0.1) is 29.4 Å². The number of benzene rings is 2. The van der Waals surface area contributed by atoms with Gasteiger partial charge in [-0.1, -0.05) is 6.92 Å². The molecule has 2 aromatic carbocycles. The lowest BCUT2D eigenvalue weighted by atomic mass is 10.2. The van der Waals surface area contributed by atoms with Crippen LogP contribution in [-0.4, -0.2) is 47.2 Å². The molecule has 156 valence electrons. The van der Waals surface area contributed by atoms with Crippen molar-refractivity contribution in [3.63, 3.8) is 0 Å². The first-order chi connectivity index (χ1) is 13.8. The van der Waals surface area contributed by atoms with Crippen molar-refractivity contribution in [3.05, 3.63) is 53.6 Å². The topological polar surface area (TPSA) is 87.7 Å². The molecule has 0 atom stereocenters. The zero-order valence-electron chi connectivity index (χ0n) is 15.7. The van der Waals surface area contributed by atoms with E-state index in [-0.39, 0.29) is 17.1 Å². The van der Waals surface area contributed by atoms with Crippen LogP contribution in [0.3, 0.4) is 0 Å². The van der Waals surface area contributed by atoms with Gasteiger partial charge in [-0.15, -0.1) is 0 Å². The summed E-state index contributed by atoms with van der Waals surface area (Å²) < 4.78 is 60.3. The molecule has 0 radical (unpaired) electrons. The molecule has 2 N–H and O–H groups in total. The summed E-state index contributed by atoms with van der Waals surface area (Å²) >= 11 is 0. The van der Waals surface area contributed by atoms with Crippen LogP contribution in [0.4, 0.5) is 20.2 Å². The summed E-state index contributed by atoms with van der Waals surface area (Å²) in [6.07, 6.45) is 0. The van der Waals surface area contributed by atoms with Crippen molar-refractivity contribution in [1.82, 2.24) is 4.72 Å². The standard InChI is InChI=1S/C19H21F2N3O4S/c1-2-22-29(26,27)14-4-5-16(20)15(12-14)19(25)23-13-3-6-18(17(21)11-13)24-7-9-28-10-8-24/h3-6,11-12,22H,2,7-10H2,1H3,(H,23,25). The lowest BCUT2D eigenvalue weighted by Gasteiger charge is -2.29. The molecular formula is C19H21F2N3O4S. The fourth-order valence-corrected chi connectivity index (χ4v) is 4.03. The molecular weight excluding hydrogens is 404 g/mol. The molecule has 0 unspecified atom stereocenters. The molecule has 2 aromatic rings. The second-order valence-electron chi connectivity index (χ2n) is 6.36. The number of morpholine rings is 1. The Labute approximate surface area is 167 Å². The van der Waals surface area contributed by atoms with Crippen molar-refractivity contribution in [2.24, 2.45) is 0 Å². The van der Waals surface area contributed by atoms with Crippen LogP contribution in [0.5, 0.6) is 0 Å². The number of amides is 1. The average molecular weight is 425 g/mol. The van der Waals surface area contributed by atoms with Gasteiger partial charge in [0, 0.05) is 25.3 Å². The predicted molar refractivity (Wildman–Crippen MR) is 105 cm³/mol. The van der Waals surface area contributed by atoms with E-state index in [0.29, 0.717) is 32.0 Å². The molecule has 1 amide bonds. The molecule has 0 aromatic heterocycles. The molecule has 1 fully saturated rings. The number of carbonyl (C=O) groups is 1. The summed E-state index contributed by atoms with van der Waals surface area (Å²) in [5, 5.41) is 2.40. The number of rotatable bonds is 6. The van der Waals surface area contributed by atoms with E-state index in [2.05, 4.69) is 10.0 Å². The van der Waals surface area contributed by atoms with E-state index < -0.39 is 33.1 Å². The first kappa shape index (κ1) is 21.2. The van der Waals surface area contributed by atoms with Crippen LogP contribution < -0.4 is 14.9 Å². The number of carbonyl (C=O) groups excluding carboxylic acids is 1. The molecule has 7 nitrogen and oxygen atoms in total. The van der Waals surface area contributed by atoms with E-state index in [4.69, 9.17) is 4.74 Å². The van der Waals surface area contributed by atoms with E-state index in [9.17, 15) is 22.0 Å². The maximum Gasteiger partial charge on any atom is 0.258 e. The Hall–Kier alpha value is -2.56.